The smallest absolute Gasteiger partial charge is 0.261 e. The van der Waals surface area contributed by atoms with Crippen molar-refractivity contribution in [1.29, 1.82) is 0 Å². The lowest BCUT2D eigenvalue weighted by molar-refractivity contribution is 0.220. The van der Waals surface area contributed by atoms with Gasteiger partial charge in [0.1, 0.15) is 5.75 Å². The Kier molecular flexibility index (Phi) is 10.8. The molecule has 0 aromatic heterocycles. The number of ether oxygens (including phenoxy) is 6. The van der Waals surface area contributed by atoms with Gasteiger partial charge in [0, 0.05) is 41.3 Å². The number of sulfonamides is 1. The number of nitrogens with one attached hydrogen (secondary N) is 1. The van der Waals surface area contributed by atoms with Crippen LogP contribution in [0.2, 0.25) is 0 Å². The Morgan fingerprint density at radius 3 is 2.00 bits per heavy atom. The van der Waals surface area contributed by atoms with Crippen LogP contribution in [-0.2, 0) is 35.7 Å². The molecule has 0 fully saturated rings. The first-order valence-corrected chi connectivity index (χ1v) is 21.1. The third-order valence-corrected chi connectivity index (χ3v) is 13.3. The Bertz CT molecular complexity index is 2420. The molecule has 13 heteroatoms. The zero-order valence-electron chi connectivity index (χ0n) is 32.8. The van der Waals surface area contributed by atoms with E-state index in [0.29, 0.717) is 63.7 Å². The van der Waals surface area contributed by atoms with Gasteiger partial charge in [0.15, 0.2) is 34.5 Å². The summed E-state index contributed by atoms with van der Waals surface area (Å²) in [7, 11) is 6.66. The van der Waals surface area contributed by atoms with Gasteiger partial charge in [0.05, 0.1) is 39.0 Å². The fraction of sp³-hybridized carbons (Fsp3) is 0.318. The van der Waals surface area contributed by atoms with Crippen molar-refractivity contribution in [3.63, 3.8) is 0 Å². The molecule has 5 aromatic rings. The van der Waals surface area contributed by atoms with Crippen molar-refractivity contribution in [3.05, 3.63) is 117 Å². The summed E-state index contributed by atoms with van der Waals surface area (Å²) in [6.07, 6.45) is 2.73. The van der Waals surface area contributed by atoms with Crippen molar-refractivity contribution >= 4 is 31.6 Å². The van der Waals surface area contributed by atoms with Gasteiger partial charge in [0.2, 0.25) is 5.75 Å². The molecule has 5 aromatic carbocycles. The van der Waals surface area contributed by atoms with Crippen LogP contribution >= 0.6 is 15.9 Å². The monoisotopic (exact) mass is 855 g/mol. The summed E-state index contributed by atoms with van der Waals surface area (Å²) in [4.78, 5) is 4.77. The highest BCUT2D eigenvalue weighted by atomic mass is 79.9. The maximum atomic E-state index is 14.0. The van der Waals surface area contributed by atoms with Crippen LogP contribution in [0.1, 0.15) is 45.5 Å². The molecule has 0 saturated carbocycles. The highest BCUT2D eigenvalue weighted by molar-refractivity contribution is 9.10. The minimum absolute atomic E-state index is 0.0871. The highest BCUT2D eigenvalue weighted by Crippen LogP contribution is 2.52. The van der Waals surface area contributed by atoms with E-state index in [1.807, 2.05) is 24.3 Å². The summed E-state index contributed by atoms with van der Waals surface area (Å²) in [5.74, 6) is 4.16. The van der Waals surface area contributed by atoms with Gasteiger partial charge in [-0.05, 0) is 128 Å². The van der Waals surface area contributed by atoms with E-state index in [9.17, 15) is 8.42 Å². The molecule has 4 aliphatic heterocycles. The zero-order chi connectivity index (χ0) is 40.0. The number of halogens is 1. The maximum Gasteiger partial charge on any atom is 0.261 e. The number of methoxy groups -OCH3 is 4. The van der Waals surface area contributed by atoms with E-state index >= 15 is 0 Å². The SMILES string of the molecule is COc1cc(NS(=O)(=O)c2ccc(Br)cc2)c2cc1Oc1ccc(cc1)C[C@H]1c3cc(c(OC)cc3CCN1C)Oc1c(OC)c(OC)cc3c1[C@H](C2)N(C)CC3. The molecule has 0 saturated heterocycles. The molecule has 0 unspecified atom stereocenters. The molecule has 0 aliphatic carbocycles. The molecular formula is C44H46BrN3O8S. The number of benzene rings is 5. The molecule has 0 radical (unpaired) electrons. The molecule has 6 bridgehead atoms. The number of anilines is 1. The van der Waals surface area contributed by atoms with Crippen molar-refractivity contribution in [2.75, 3.05) is 60.3 Å². The van der Waals surface area contributed by atoms with Crippen LogP contribution in [-0.4, -0.2) is 73.8 Å². The van der Waals surface area contributed by atoms with Gasteiger partial charge in [-0.1, -0.05) is 28.1 Å². The van der Waals surface area contributed by atoms with Gasteiger partial charge in [-0.3, -0.25) is 14.5 Å². The first-order valence-electron chi connectivity index (χ1n) is 18.8. The topological polar surface area (TPSA) is 108 Å². The second-order valence-electron chi connectivity index (χ2n) is 14.7. The number of nitrogens with zero attached hydrogens (tertiary/aromatic N) is 2. The van der Waals surface area contributed by atoms with Crippen molar-refractivity contribution < 1.29 is 36.8 Å². The van der Waals surface area contributed by atoms with Gasteiger partial charge in [-0.15, -0.1) is 0 Å². The third-order valence-electron chi connectivity index (χ3n) is 11.4. The number of rotatable bonds is 7. The normalized spacial score (nSPS) is 17.9. The predicted molar refractivity (Wildman–Crippen MR) is 223 cm³/mol. The molecule has 2 atom stereocenters. The Morgan fingerprint density at radius 2 is 1.32 bits per heavy atom. The van der Waals surface area contributed by atoms with Gasteiger partial charge in [-0.2, -0.15) is 0 Å². The Hall–Kier alpha value is -4.95. The highest BCUT2D eigenvalue weighted by Gasteiger charge is 2.35. The van der Waals surface area contributed by atoms with Crippen molar-refractivity contribution in [2.24, 2.45) is 0 Å². The second-order valence-corrected chi connectivity index (χ2v) is 17.3. The fourth-order valence-corrected chi connectivity index (χ4v) is 9.61. The fourth-order valence-electron chi connectivity index (χ4n) is 8.26. The predicted octanol–water partition coefficient (Wildman–Crippen LogP) is 8.73. The first-order chi connectivity index (χ1) is 27.5. The maximum absolute atomic E-state index is 14.0. The van der Waals surface area contributed by atoms with E-state index in [1.165, 1.54) is 11.1 Å². The van der Waals surface area contributed by atoms with Crippen LogP contribution in [0.25, 0.3) is 0 Å². The summed E-state index contributed by atoms with van der Waals surface area (Å²) in [5.41, 5.74) is 6.53. The van der Waals surface area contributed by atoms with E-state index in [-0.39, 0.29) is 17.0 Å². The first kappa shape index (κ1) is 38.9. The average Bonchev–Trinajstić information content (AvgIpc) is 3.20. The Morgan fingerprint density at radius 1 is 0.684 bits per heavy atom. The Labute approximate surface area is 342 Å². The number of fused-ring (bicyclic) bond motifs is 2. The quantitative estimate of drug-likeness (QED) is 0.171. The molecule has 298 valence electrons. The molecular weight excluding hydrogens is 810 g/mol. The van der Waals surface area contributed by atoms with Crippen LogP contribution in [0.4, 0.5) is 5.69 Å². The molecule has 9 rings (SSSR count). The van der Waals surface area contributed by atoms with E-state index in [1.54, 1.807) is 58.8 Å². The number of likely N-dealkylation sites (N-methyl/N-ethyl adjacent to an activating group) is 2. The molecule has 57 heavy (non-hydrogen) atoms. The van der Waals surface area contributed by atoms with E-state index in [2.05, 4.69) is 68.8 Å². The molecule has 1 N–H and O–H groups in total. The third kappa shape index (κ3) is 7.49. The summed E-state index contributed by atoms with van der Waals surface area (Å²) in [5, 5.41) is 0. The zero-order valence-corrected chi connectivity index (χ0v) is 35.3. The molecule has 0 amide bonds. The molecule has 0 spiro atoms. The second kappa shape index (κ2) is 15.8. The molecule has 4 aliphatic rings. The van der Waals surface area contributed by atoms with Crippen LogP contribution in [0, 0.1) is 0 Å². The molecule has 11 nitrogen and oxygen atoms in total. The van der Waals surface area contributed by atoms with Gasteiger partial charge in [0.25, 0.3) is 10.0 Å². The lowest BCUT2D eigenvalue weighted by atomic mass is 9.87. The van der Waals surface area contributed by atoms with Crippen molar-refractivity contribution in [1.82, 2.24) is 9.80 Å². The van der Waals surface area contributed by atoms with Crippen molar-refractivity contribution in [3.8, 4) is 46.0 Å². The number of hydrogen-bond acceptors (Lipinski definition) is 10. The van der Waals surface area contributed by atoms with Gasteiger partial charge in [-0.25, -0.2) is 8.42 Å². The van der Waals surface area contributed by atoms with Gasteiger partial charge < -0.3 is 28.4 Å². The largest absolute Gasteiger partial charge is 0.493 e. The number of hydrogen-bond donors (Lipinski definition) is 1. The average molecular weight is 857 g/mol. The lowest BCUT2D eigenvalue weighted by Gasteiger charge is -2.37. The summed E-state index contributed by atoms with van der Waals surface area (Å²) >= 11 is 3.41. The van der Waals surface area contributed by atoms with Crippen LogP contribution in [0.3, 0.4) is 0 Å². The van der Waals surface area contributed by atoms with Crippen LogP contribution in [0.5, 0.6) is 46.0 Å². The van der Waals surface area contributed by atoms with E-state index < -0.39 is 10.0 Å². The van der Waals surface area contributed by atoms with Crippen LogP contribution < -0.4 is 33.1 Å². The minimum Gasteiger partial charge on any atom is -0.493 e. The van der Waals surface area contributed by atoms with Crippen molar-refractivity contribution in [2.45, 2.75) is 42.7 Å². The Balaban J connectivity index is 1.36. The summed E-state index contributed by atoms with van der Waals surface area (Å²) < 4.78 is 69.1. The van der Waals surface area contributed by atoms with Crippen LogP contribution in [0.15, 0.2) is 88.2 Å². The van der Waals surface area contributed by atoms with Gasteiger partial charge >= 0.3 is 0 Å². The standard InChI is InChI=1S/C44H46BrN3O8S/c1-47-17-15-27-21-37(51-3)40-24-33(27)35(47)19-26-7-11-31(12-8-26)55-39-23-29(34(25-38(39)52-4)46-57(49,50)32-13-9-30(45)10-14-32)20-36-42-28(16-18-48(36)2)22-41(53-5)43(54-6)44(42)56-40/h7-14,21-25,35-36,46H,15-20H2,1-6H3/t35-,36-/m0/s1. The van der Waals surface area contributed by atoms with E-state index in [4.69, 9.17) is 28.4 Å². The summed E-state index contributed by atoms with van der Waals surface area (Å²) in [6.45, 7) is 1.64. The minimum atomic E-state index is -4.01. The summed E-state index contributed by atoms with van der Waals surface area (Å²) in [6, 6.07) is 24.2. The molecule has 4 heterocycles. The van der Waals surface area contributed by atoms with E-state index in [0.717, 1.165) is 53.5 Å². The lowest BCUT2D eigenvalue weighted by Crippen LogP contribution is -2.34.